The Labute approximate surface area is 136 Å². The smallest absolute Gasteiger partial charge is 0.307 e. The minimum absolute atomic E-state index is 0.0664. The zero-order valence-electron chi connectivity index (χ0n) is 13.2. The number of hydrogen-bond acceptors (Lipinski definition) is 3. The molecule has 7 heteroatoms. The molecule has 0 aromatic heterocycles. The van der Waals surface area contributed by atoms with Gasteiger partial charge in [0.1, 0.15) is 0 Å². The van der Waals surface area contributed by atoms with Crippen LogP contribution >= 0.6 is 0 Å². The topological polar surface area (TPSA) is 77.9 Å². The number of aliphatic carboxylic acids is 1. The van der Waals surface area contributed by atoms with Crippen LogP contribution in [0.2, 0.25) is 0 Å². The summed E-state index contributed by atoms with van der Waals surface area (Å²) in [7, 11) is -3.64. The molecular formula is C16H22N2O4S. The second kappa shape index (κ2) is 6.22. The van der Waals surface area contributed by atoms with Gasteiger partial charge < -0.3 is 5.11 Å². The molecule has 0 spiro atoms. The van der Waals surface area contributed by atoms with Crippen molar-refractivity contribution < 1.29 is 18.3 Å². The van der Waals surface area contributed by atoms with Gasteiger partial charge in [-0.2, -0.15) is 17.0 Å². The van der Waals surface area contributed by atoms with Gasteiger partial charge in [-0.3, -0.25) is 4.79 Å². The summed E-state index contributed by atoms with van der Waals surface area (Å²) in [4.78, 5) is 11.2. The van der Waals surface area contributed by atoms with Crippen LogP contribution in [0, 0.1) is 5.92 Å². The maximum absolute atomic E-state index is 13.0. The van der Waals surface area contributed by atoms with Crippen molar-refractivity contribution in [3.63, 3.8) is 0 Å². The van der Waals surface area contributed by atoms with Gasteiger partial charge in [0.2, 0.25) is 0 Å². The lowest BCUT2D eigenvalue weighted by atomic mass is 9.96. The van der Waals surface area contributed by atoms with Gasteiger partial charge in [0, 0.05) is 25.7 Å². The van der Waals surface area contributed by atoms with E-state index in [4.69, 9.17) is 0 Å². The maximum Gasteiger partial charge on any atom is 0.307 e. The van der Waals surface area contributed by atoms with Gasteiger partial charge in [0.05, 0.1) is 5.92 Å². The third kappa shape index (κ3) is 3.13. The molecule has 1 fully saturated rings. The molecule has 0 amide bonds. The van der Waals surface area contributed by atoms with Crippen LogP contribution in [0.15, 0.2) is 24.3 Å². The summed E-state index contributed by atoms with van der Waals surface area (Å²) in [5, 5.41) is 9.21. The molecule has 3 rings (SSSR count). The van der Waals surface area contributed by atoms with Crippen LogP contribution in [-0.2, 0) is 28.0 Å². The van der Waals surface area contributed by atoms with E-state index in [9.17, 15) is 18.3 Å². The van der Waals surface area contributed by atoms with Gasteiger partial charge in [0.15, 0.2) is 0 Å². The highest BCUT2D eigenvalue weighted by Crippen LogP contribution is 2.29. The van der Waals surface area contributed by atoms with Crippen molar-refractivity contribution >= 4 is 16.2 Å². The number of hydrogen-bond donors (Lipinski definition) is 1. The number of carboxylic acids is 1. The SMILES string of the molecule is CC1CCC(C(=O)O)CN1S(=O)(=O)N1CCc2ccccc2C1. The zero-order chi connectivity index (χ0) is 16.6. The summed E-state index contributed by atoms with van der Waals surface area (Å²) < 4.78 is 28.8. The quantitative estimate of drug-likeness (QED) is 0.905. The Morgan fingerprint density at radius 3 is 2.61 bits per heavy atom. The molecule has 2 atom stereocenters. The molecule has 0 saturated carbocycles. The lowest BCUT2D eigenvalue weighted by Crippen LogP contribution is -2.53. The molecule has 0 radical (unpaired) electrons. The highest BCUT2D eigenvalue weighted by atomic mass is 32.2. The first-order valence-electron chi connectivity index (χ1n) is 7.96. The van der Waals surface area contributed by atoms with Crippen LogP contribution in [0.5, 0.6) is 0 Å². The minimum atomic E-state index is -3.64. The van der Waals surface area contributed by atoms with Crippen LogP contribution in [-0.4, -0.2) is 47.2 Å². The average molecular weight is 338 g/mol. The van der Waals surface area contributed by atoms with Crippen molar-refractivity contribution in [3.05, 3.63) is 35.4 Å². The summed E-state index contributed by atoms with van der Waals surface area (Å²) in [5.74, 6) is -1.53. The Balaban J connectivity index is 1.82. The number of carbonyl (C=O) groups is 1. The number of benzene rings is 1. The number of piperidine rings is 1. The fourth-order valence-corrected chi connectivity index (χ4v) is 5.26. The van der Waals surface area contributed by atoms with Crippen LogP contribution in [0.25, 0.3) is 0 Å². The molecule has 1 N–H and O–H groups in total. The predicted molar refractivity (Wildman–Crippen MR) is 86.0 cm³/mol. The molecule has 2 unspecified atom stereocenters. The van der Waals surface area contributed by atoms with E-state index in [-0.39, 0.29) is 12.6 Å². The molecule has 6 nitrogen and oxygen atoms in total. The summed E-state index contributed by atoms with van der Waals surface area (Å²) in [6.45, 7) is 2.73. The molecular weight excluding hydrogens is 316 g/mol. The van der Waals surface area contributed by atoms with E-state index in [0.717, 1.165) is 5.56 Å². The van der Waals surface area contributed by atoms with Gasteiger partial charge in [-0.05, 0) is 37.3 Å². The van der Waals surface area contributed by atoms with Crippen LogP contribution < -0.4 is 0 Å². The van der Waals surface area contributed by atoms with Gasteiger partial charge in [-0.15, -0.1) is 0 Å². The minimum Gasteiger partial charge on any atom is -0.481 e. The van der Waals surface area contributed by atoms with Crippen molar-refractivity contribution in [3.8, 4) is 0 Å². The van der Waals surface area contributed by atoms with Crippen molar-refractivity contribution in [1.29, 1.82) is 0 Å². The van der Waals surface area contributed by atoms with Crippen molar-refractivity contribution in [1.82, 2.24) is 8.61 Å². The van der Waals surface area contributed by atoms with Crippen molar-refractivity contribution in [2.45, 2.75) is 38.8 Å². The van der Waals surface area contributed by atoms with Crippen molar-refractivity contribution in [2.75, 3.05) is 13.1 Å². The fraction of sp³-hybridized carbons (Fsp3) is 0.562. The van der Waals surface area contributed by atoms with Crippen LogP contribution in [0.1, 0.15) is 30.9 Å². The Morgan fingerprint density at radius 2 is 1.91 bits per heavy atom. The molecule has 1 aromatic rings. The van der Waals surface area contributed by atoms with E-state index < -0.39 is 22.1 Å². The summed E-state index contributed by atoms with van der Waals surface area (Å²) in [6, 6.07) is 7.71. The lowest BCUT2D eigenvalue weighted by molar-refractivity contribution is -0.143. The maximum atomic E-state index is 13.0. The standard InChI is InChI=1S/C16H22N2O4S/c1-12-6-7-15(16(19)20)11-18(12)23(21,22)17-9-8-13-4-2-3-5-14(13)10-17/h2-5,12,15H,6-11H2,1H3,(H,19,20). The van der Waals surface area contributed by atoms with E-state index in [1.807, 2.05) is 31.2 Å². The molecule has 2 heterocycles. The predicted octanol–water partition coefficient (Wildman–Crippen LogP) is 1.47. The third-order valence-electron chi connectivity index (χ3n) is 4.89. The molecule has 1 aromatic carbocycles. The van der Waals surface area contributed by atoms with Gasteiger partial charge >= 0.3 is 5.97 Å². The lowest BCUT2D eigenvalue weighted by Gasteiger charge is -2.39. The average Bonchev–Trinajstić information content (AvgIpc) is 2.54. The first kappa shape index (κ1) is 16.4. The molecule has 0 aliphatic carbocycles. The van der Waals surface area contributed by atoms with E-state index in [2.05, 4.69) is 0 Å². The highest BCUT2D eigenvalue weighted by molar-refractivity contribution is 7.86. The molecule has 1 saturated heterocycles. The zero-order valence-corrected chi connectivity index (χ0v) is 14.0. The largest absolute Gasteiger partial charge is 0.481 e. The normalized spacial score (nSPS) is 26.7. The monoisotopic (exact) mass is 338 g/mol. The Hall–Kier alpha value is -1.44. The number of rotatable bonds is 3. The highest BCUT2D eigenvalue weighted by Gasteiger charge is 2.40. The van der Waals surface area contributed by atoms with Crippen molar-refractivity contribution in [2.24, 2.45) is 5.92 Å². The molecule has 0 bridgehead atoms. The number of nitrogens with zero attached hydrogens (tertiary/aromatic N) is 2. The Bertz CT molecular complexity index is 704. The summed E-state index contributed by atoms with van der Waals surface area (Å²) in [5.41, 5.74) is 2.22. The first-order valence-corrected chi connectivity index (χ1v) is 9.36. The van der Waals surface area contributed by atoms with Gasteiger partial charge in [0.25, 0.3) is 10.2 Å². The van der Waals surface area contributed by atoms with Gasteiger partial charge in [-0.25, -0.2) is 0 Å². The fourth-order valence-electron chi connectivity index (χ4n) is 3.41. The first-order chi connectivity index (χ1) is 10.9. The van der Waals surface area contributed by atoms with E-state index in [0.29, 0.717) is 32.4 Å². The van der Waals surface area contributed by atoms with Gasteiger partial charge in [-0.1, -0.05) is 24.3 Å². The second-order valence-electron chi connectivity index (χ2n) is 6.39. The molecule has 2 aliphatic heterocycles. The summed E-state index contributed by atoms with van der Waals surface area (Å²) >= 11 is 0. The Kier molecular flexibility index (Phi) is 4.44. The number of fused-ring (bicyclic) bond motifs is 1. The third-order valence-corrected chi connectivity index (χ3v) is 6.96. The summed E-state index contributed by atoms with van der Waals surface area (Å²) in [6.07, 6.45) is 1.81. The molecule has 126 valence electrons. The molecule has 23 heavy (non-hydrogen) atoms. The van der Waals surface area contributed by atoms with Crippen LogP contribution in [0.4, 0.5) is 0 Å². The Morgan fingerprint density at radius 1 is 1.22 bits per heavy atom. The van der Waals surface area contributed by atoms with Crippen LogP contribution in [0.3, 0.4) is 0 Å². The van der Waals surface area contributed by atoms with E-state index in [1.165, 1.54) is 14.2 Å². The van der Waals surface area contributed by atoms with E-state index in [1.54, 1.807) is 0 Å². The number of carboxylic acid groups (broad SMARTS) is 1. The molecule has 2 aliphatic rings. The van der Waals surface area contributed by atoms with E-state index >= 15 is 0 Å². The second-order valence-corrected chi connectivity index (χ2v) is 8.27.